The average molecular weight is 483 g/mol. The van der Waals surface area contributed by atoms with Gasteiger partial charge in [0.1, 0.15) is 17.2 Å². The number of benzene rings is 2. The largest absolute Gasteiger partial charge is 0.457 e. The van der Waals surface area contributed by atoms with E-state index in [2.05, 4.69) is 0 Å². The highest BCUT2D eigenvalue weighted by Gasteiger charge is 2.31. The van der Waals surface area contributed by atoms with Gasteiger partial charge in [-0.1, -0.05) is 11.6 Å². The number of carbonyl (C=O) groups excluding carboxylic acids is 1. The van der Waals surface area contributed by atoms with Crippen LogP contribution < -0.4 is 4.90 Å². The van der Waals surface area contributed by atoms with Crippen molar-refractivity contribution in [3.63, 3.8) is 0 Å². The molecule has 1 aliphatic rings. The van der Waals surface area contributed by atoms with Gasteiger partial charge in [-0.05, 0) is 42.5 Å². The fourth-order valence-electron chi connectivity index (χ4n) is 3.49. The Balaban J connectivity index is 1.40. The lowest BCUT2D eigenvalue weighted by Gasteiger charge is -2.36. The van der Waals surface area contributed by atoms with E-state index in [4.69, 9.17) is 16.0 Å². The molecule has 0 aliphatic carbocycles. The summed E-state index contributed by atoms with van der Waals surface area (Å²) in [4.78, 5) is 14.9. The number of rotatable bonds is 4. The van der Waals surface area contributed by atoms with Crippen LogP contribution >= 0.6 is 11.6 Å². The molecule has 0 radical (unpaired) electrons. The van der Waals surface area contributed by atoms with Gasteiger partial charge in [0.15, 0.2) is 23.3 Å². The molecule has 2 heterocycles. The predicted octanol–water partition coefficient (Wildman–Crippen LogP) is 5.66. The maximum Gasteiger partial charge on any atom is 0.246 e. The first kappa shape index (κ1) is 22.8. The highest BCUT2D eigenvalue weighted by atomic mass is 35.5. The standard InChI is InChI=1S/C23H16ClF5N2O2/c24-14-3-1-13(2-4-14)16-7-5-15(33-16)6-8-17(32)30-9-11-31(12-10-30)23-21(28)19(26)18(25)20(27)22(23)29/h1-8H,9-12H2/b8-6+. The number of hydrogen-bond donors (Lipinski definition) is 0. The molecule has 1 amide bonds. The van der Waals surface area contributed by atoms with Crippen LogP contribution in [0.3, 0.4) is 0 Å². The van der Waals surface area contributed by atoms with Crippen molar-refractivity contribution in [3.05, 3.63) is 82.3 Å². The Morgan fingerprint density at radius 3 is 2.00 bits per heavy atom. The van der Waals surface area contributed by atoms with E-state index < -0.39 is 34.8 Å². The Morgan fingerprint density at radius 1 is 0.818 bits per heavy atom. The lowest BCUT2D eigenvalue weighted by Crippen LogP contribution is -2.49. The smallest absolute Gasteiger partial charge is 0.246 e. The van der Waals surface area contributed by atoms with Crippen LogP contribution in [0.5, 0.6) is 0 Å². The van der Waals surface area contributed by atoms with Crippen LogP contribution in [0.1, 0.15) is 5.76 Å². The molecule has 0 spiro atoms. The van der Waals surface area contributed by atoms with E-state index in [0.29, 0.717) is 16.5 Å². The molecular weight excluding hydrogens is 467 g/mol. The summed E-state index contributed by atoms with van der Waals surface area (Å²) in [6.07, 6.45) is 2.77. The molecule has 0 atom stereocenters. The van der Waals surface area contributed by atoms with Crippen molar-refractivity contribution in [1.29, 1.82) is 0 Å². The SMILES string of the molecule is O=C(/C=C/c1ccc(-c2ccc(Cl)cc2)o1)N1CCN(c2c(F)c(F)c(F)c(F)c2F)CC1. The van der Waals surface area contributed by atoms with Gasteiger partial charge in [0.25, 0.3) is 0 Å². The summed E-state index contributed by atoms with van der Waals surface area (Å²) in [5.41, 5.74) is -0.172. The normalized spacial score (nSPS) is 14.4. The van der Waals surface area contributed by atoms with E-state index in [9.17, 15) is 26.7 Å². The number of anilines is 1. The first-order valence-electron chi connectivity index (χ1n) is 9.85. The zero-order chi connectivity index (χ0) is 23.7. The quantitative estimate of drug-likeness (QED) is 0.208. The number of amides is 1. The number of carbonyl (C=O) groups is 1. The topological polar surface area (TPSA) is 36.7 Å². The molecule has 1 aliphatic heterocycles. The molecule has 2 aromatic carbocycles. The van der Waals surface area contributed by atoms with Crippen molar-refractivity contribution in [1.82, 2.24) is 4.90 Å². The van der Waals surface area contributed by atoms with Gasteiger partial charge in [-0.3, -0.25) is 4.79 Å². The number of halogens is 6. The van der Waals surface area contributed by atoms with Gasteiger partial charge in [-0.25, -0.2) is 22.0 Å². The van der Waals surface area contributed by atoms with Crippen LogP contribution in [0.4, 0.5) is 27.6 Å². The monoisotopic (exact) mass is 482 g/mol. The van der Waals surface area contributed by atoms with Crippen molar-refractivity contribution < 1.29 is 31.2 Å². The molecule has 10 heteroatoms. The Bertz CT molecular complexity index is 1190. The summed E-state index contributed by atoms with van der Waals surface area (Å²) in [5.74, 6) is -9.32. The molecule has 33 heavy (non-hydrogen) atoms. The minimum absolute atomic E-state index is 0.0385. The molecule has 1 saturated heterocycles. The van der Waals surface area contributed by atoms with Crippen LogP contribution in [0, 0.1) is 29.1 Å². The number of furan rings is 1. The van der Waals surface area contributed by atoms with E-state index >= 15 is 0 Å². The first-order chi connectivity index (χ1) is 15.8. The Labute approximate surface area is 190 Å². The number of hydrogen-bond acceptors (Lipinski definition) is 3. The molecule has 4 rings (SSSR count). The van der Waals surface area contributed by atoms with Crippen molar-refractivity contribution >= 4 is 29.3 Å². The lowest BCUT2D eigenvalue weighted by atomic mass is 10.2. The van der Waals surface area contributed by atoms with Crippen LogP contribution in [-0.2, 0) is 4.79 Å². The van der Waals surface area contributed by atoms with E-state index in [1.807, 2.05) is 0 Å². The molecule has 3 aromatic rings. The predicted molar refractivity (Wildman–Crippen MR) is 113 cm³/mol. The van der Waals surface area contributed by atoms with Gasteiger partial charge >= 0.3 is 0 Å². The summed E-state index contributed by atoms with van der Waals surface area (Å²) in [6.45, 7) is -0.119. The molecule has 172 valence electrons. The van der Waals surface area contributed by atoms with Gasteiger partial charge in [0.05, 0.1) is 0 Å². The van der Waals surface area contributed by atoms with Crippen molar-refractivity contribution in [2.24, 2.45) is 0 Å². The summed E-state index contributed by atoms with van der Waals surface area (Å²) >= 11 is 5.87. The van der Waals surface area contributed by atoms with Crippen molar-refractivity contribution in [2.75, 3.05) is 31.1 Å². The maximum atomic E-state index is 14.0. The second kappa shape index (κ2) is 9.27. The average Bonchev–Trinajstić information content (AvgIpc) is 3.30. The third-order valence-corrected chi connectivity index (χ3v) is 5.49. The van der Waals surface area contributed by atoms with E-state index in [-0.39, 0.29) is 32.1 Å². The minimum Gasteiger partial charge on any atom is -0.457 e. The molecule has 1 fully saturated rings. The van der Waals surface area contributed by atoms with Crippen LogP contribution in [0.25, 0.3) is 17.4 Å². The van der Waals surface area contributed by atoms with Crippen LogP contribution in [0.15, 0.2) is 46.9 Å². The first-order valence-corrected chi connectivity index (χ1v) is 10.2. The molecule has 0 unspecified atom stereocenters. The van der Waals surface area contributed by atoms with Gasteiger partial charge in [-0.2, -0.15) is 0 Å². The molecule has 0 N–H and O–H groups in total. The summed E-state index contributed by atoms with van der Waals surface area (Å²) in [5, 5.41) is 0.594. The minimum atomic E-state index is -2.20. The Morgan fingerprint density at radius 2 is 1.39 bits per heavy atom. The summed E-state index contributed by atoms with van der Waals surface area (Å²) < 4.78 is 73.9. The van der Waals surface area contributed by atoms with Crippen molar-refractivity contribution in [3.8, 4) is 11.3 Å². The second-order valence-corrected chi connectivity index (χ2v) is 7.71. The fourth-order valence-corrected chi connectivity index (χ4v) is 3.62. The number of piperazine rings is 1. The Kier molecular flexibility index (Phi) is 6.42. The second-order valence-electron chi connectivity index (χ2n) is 7.27. The van der Waals surface area contributed by atoms with Gasteiger partial charge < -0.3 is 14.2 Å². The molecule has 1 aromatic heterocycles. The molecule has 0 saturated carbocycles. The molecule has 0 bridgehead atoms. The summed E-state index contributed by atoms with van der Waals surface area (Å²) in [7, 11) is 0. The van der Waals surface area contributed by atoms with Crippen molar-refractivity contribution in [2.45, 2.75) is 0 Å². The zero-order valence-electron chi connectivity index (χ0n) is 16.9. The zero-order valence-corrected chi connectivity index (χ0v) is 17.7. The van der Waals surface area contributed by atoms with E-state index in [1.54, 1.807) is 36.4 Å². The third-order valence-electron chi connectivity index (χ3n) is 5.24. The molecular formula is C23H16ClF5N2O2. The summed E-state index contributed by atoms with van der Waals surface area (Å²) in [6, 6.07) is 10.5. The van der Waals surface area contributed by atoms with Gasteiger partial charge in [0.2, 0.25) is 11.7 Å². The van der Waals surface area contributed by atoms with Gasteiger partial charge in [0, 0.05) is 42.8 Å². The Hall–Kier alpha value is -3.33. The highest BCUT2D eigenvalue weighted by Crippen LogP contribution is 2.31. The maximum absolute atomic E-state index is 14.0. The molecule has 4 nitrogen and oxygen atoms in total. The van der Waals surface area contributed by atoms with Gasteiger partial charge in [-0.15, -0.1) is 0 Å². The van der Waals surface area contributed by atoms with E-state index in [0.717, 1.165) is 10.5 Å². The van der Waals surface area contributed by atoms with Crippen LogP contribution in [0.2, 0.25) is 5.02 Å². The number of nitrogens with zero attached hydrogens (tertiary/aromatic N) is 2. The highest BCUT2D eigenvalue weighted by molar-refractivity contribution is 6.30. The third kappa shape index (κ3) is 4.59. The fraction of sp³-hybridized carbons (Fsp3) is 0.174. The van der Waals surface area contributed by atoms with E-state index in [1.165, 1.54) is 17.1 Å². The lowest BCUT2D eigenvalue weighted by molar-refractivity contribution is -0.126. The van der Waals surface area contributed by atoms with Crippen LogP contribution in [-0.4, -0.2) is 37.0 Å².